The molecule has 2 aromatic heterocycles. The van der Waals surface area contributed by atoms with Crippen molar-refractivity contribution in [3.63, 3.8) is 0 Å². The molecule has 1 atom stereocenters. The summed E-state index contributed by atoms with van der Waals surface area (Å²) in [5.74, 6) is 0.663. The van der Waals surface area contributed by atoms with E-state index in [1.54, 1.807) is 11.8 Å². The number of hydrogen-bond acceptors (Lipinski definition) is 5. The number of H-pyrrole nitrogens is 1. The summed E-state index contributed by atoms with van der Waals surface area (Å²) in [4.78, 5) is 20.0. The summed E-state index contributed by atoms with van der Waals surface area (Å²) in [6.07, 6.45) is 1.53. The zero-order valence-corrected chi connectivity index (χ0v) is 15.7. The van der Waals surface area contributed by atoms with E-state index >= 15 is 0 Å². The molecule has 0 fully saturated rings. The first-order valence-corrected chi connectivity index (χ1v) is 9.38. The van der Waals surface area contributed by atoms with Crippen molar-refractivity contribution in [3.8, 4) is 11.4 Å². The van der Waals surface area contributed by atoms with Crippen LogP contribution in [0.5, 0.6) is 5.75 Å². The fourth-order valence-corrected chi connectivity index (χ4v) is 3.81. The third-order valence-electron chi connectivity index (χ3n) is 4.29. The third-order valence-corrected chi connectivity index (χ3v) is 5.33. The molecular weight excluding hydrogens is 360 g/mol. The number of aromatic nitrogens is 4. The van der Waals surface area contributed by atoms with E-state index in [9.17, 15) is 4.79 Å². The molecule has 4 rings (SSSR count). The molecule has 0 unspecified atom stereocenters. The first kappa shape index (κ1) is 17.4. The Morgan fingerprint density at radius 1 is 1.11 bits per heavy atom. The van der Waals surface area contributed by atoms with Gasteiger partial charge in [0.05, 0.1) is 13.3 Å². The van der Waals surface area contributed by atoms with Gasteiger partial charge in [-0.1, -0.05) is 54.2 Å². The molecule has 0 aliphatic rings. The van der Waals surface area contributed by atoms with Crippen molar-refractivity contribution >= 4 is 22.8 Å². The Bertz CT molecular complexity index is 1140. The number of thioether (sulfide) groups is 1. The topological polar surface area (TPSA) is 72.8 Å². The number of benzene rings is 2. The van der Waals surface area contributed by atoms with E-state index in [-0.39, 0.29) is 10.8 Å². The van der Waals surface area contributed by atoms with Crippen LogP contribution >= 0.6 is 11.8 Å². The Morgan fingerprint density at radius 2 is 1.85 bits per heavy atom. The zero-order chi connectivity index (χ0) is 18.8. The van der Waals surface area contributed by atoms with E-state index in [0.29, 0.717) is 21.9 Å². The minimum atomic E-state index is -0.205. The molecule has 6 nitrogen and oxygen atoms in total. The van der Waals surface area contributed by atoms with Crippen molar-refractivity contribution in [1.29, 1.82) is 0 Å². The molecule has 4 aromatic rings. The summed E-state index contributed by atoms with van der Waals surface area (Å²) in [5.41, 5.74) is 2.21. The van der Waals surface area contributed by atoms with Crippen LogP contribution in [0.2, 0.25) is 0 Å². The highest BCUT2D eigenvalue weighted by Gasteiger charge is 2.16. The van der Waals surface area contributed by atoms with Gasteiger partial charge < -0.3 is 9.72 Å². The van der Waals surface area contributed by atoms with Gasteiger partial charge in [0, 0.05) is 5.25 Å². The van der Waals surface area contributed by atoms with Crippen molar-refractivity contribution in [2.24, 2.45) is 0 Å². The largest absolute Gasteiger partial charge is 0.494 e. The molecule has 0 bridgehead atoms. The lowest BCUT2D eigenvalue weighted by molar-refractivity contribution is 0.412. The lowest BCUT2D eigenvalue weighted by Gasteiger charge is -2.11. The van der Waals surface area contributed by atoms with Crippen molar-refractivity contribution in [1.82, 2.24) is 19.7 Å². The number of aromatic amines is 1. The highest BCUT2D eigenvalue weighted by molar-refractivity contribution is 7.99. The molecule has 0 spiro atoms. The molecule has 2 heterocycles. The monoisotopic (exact) mass is 378 g/mol. The summed E-state index contributed by atoms with van der Waals surface area (Å²) in [5, 5.41) is 5.50. The summed E-state index contributed by atoms with van der Waals surface area (Å²) in [7, 11) is 1.60. The van der Waals surface area contributed by atoms with Gasteiger partial charge in [-0.3, -0.25) is 4.79 Å². The number of methoxy groups -OCH3 is 1. The highest BCUT2D eigenvalue weighted by Crippen LogP contribution is 2.33. The lowest BCUT2D eigenvalue weighted by atomic mass is 10.2. The maximum atomic E-state index is 12.5. The van der Waals surface area contributed by atoms with Gasteiger partial charge in [-0.2, -0.15) is 5.10 Å². The van der Waals surface area contributed by atoms with Gasteiger partial charge in [0.1, 0.15) is 16.8 Å². The quantitative estimate of drug-likeness (QED) is 0.420. The summed E-state index contributed by atoms with van der Waals surface area (Å²) in [6.45, 7) is 2.09. The normalized spacial score (nSPS) is 12.2. The molecule has 0 saturated carbocycles. The van der Waals surface area contributed by atoms with Crippen molar-refractivity contribution in [2.45, 2.75) is 17.3 Å². The Kier molecular flexibility index (Phi) is 4.68. The summed E-state index contributed by atoms with van der Waals surface area (Å²) >= 11 is 1.50. The molecule has 0 aliphatic carbocycles. The van der Waals surface area contributed by atoms with Crippen LogP contribution in [-0.2, 0) is 0 Å². The Labute approximate surface area is 160 Å². The highest BCUT2D eigenvalue weighted by atomic mass is 32.2. The third kappa shape index (κ3) is 3.33. The molecule has 0 amide bonds. The van der Waals surface area contributed by atoms with E-state index < -0.39 is 0 Å². The lowest BCUT2D eigenvalue weighted by Crippen LogP contribution is -2.10. The number of para-hydroxylation sites is 2. The number of nitrogens with zero attached hydrogens (tertiary/aromatic N) is 3. The average molecular weight is 378 g/mol. The minimum absolute atomic E-state index is 0.148. The van der Waals surface area contributed by atoms with E-state index in [0.717, 1.165) is 5.69 Å². The van der Waals surface area contributed by atoms with Crippen LogP contribution in [0.25, 0.3) is 16.7 Å². The molecule has 0 aliphatic heterocycles. The maximum absolute atomic E-state index is 12.5. The molecule has 0 radical (unpaired) electrons. The van der Waals surface area contributed by atoms with Gasteiger partial charge in [0.15, 0.2) is 10.8 Å². The van der Waals surface area contributed by atoms with Crippen LogP contribution < -0.4 is 10.3 Å². The van der Waals surface area contributed by atoms with Crippen molar-refractivity contribution in [3.05, 3.63) is 76.7 Å². The molecule has 2 aromatic carbocycles. The minimum Gasteiger partial charge on any atom is -0.494 e. The average Bonchev–Trinajstić information content (AvgIpc) is 3.13. The van der Waals surface area contributed by atoms with Crippen LogP contribution in [0.3, 0.4) is 0 Å². The number of fused-ring (bicyclic) bond motifs is 1. The molecule has 27 heavy (non-hydrogen) atoms. The first-order chi connectivity index (χ1) is 13.2. The van der Waals surface area contributed by atoms with E-state index in [4.69, 9.17) is 4.74 Å². The van der Waals surface area contributed by atoms with Crippen LogP contribution in [0.15, 0.2) is 70.7 Å². The van der Waals surface area contributed by atoms with Crippen molar-refractivity contribution in [2.75, 3.05) is 7.11 Å². The second-order valence-corrected chi connectivity index (χ2v) is 7.34. The molecule has 7 heteroatoms. The standard InChI is InChI=1S/C20H18N4O2S/c1-13(14-8-4-3-5-9-14)27-20-22-18-15(19(25)23-20)12-21-24(18)16-10-6-7-11-17(16)26-2/h3-13H,1-2H3,(H,22,23,25)/t13-/m1/s1. The van der Waals surface area contributed by atoms with Crippen molar-refractivity contribution < 1.29 is 4.74 Å². The molecule has 1 N–H and O–H groups in total. The maximum Gasteiger partial charge on any atom is 0.262 e. The Morgan fingerprint density at radius 3 is 2.63 bits per heavy atom. The zero-order valence-electron chi connectivity index (χ0n) is 14.9. The molecular formula is C20H18N4O2S. The van der Waals surface area contributed by atoms with Gasteiger partial charge in [-0.05, 0) is 24.6 Å². The first-order valence-electron chi connectivity index (χ1n) is 8.50. The SMILES string of the molecule is COc1ccccc1-n1ncc2c(=O)[nH]c(S[C@H](C)c3ccccc3)nc21. The predicted molar refractivity (Wildman–Crippen MR) is 107 cm³/mol. The van der Waals surface area contributed by atoms with Crippen LogP contribution in [0, 0.1) is 0 Å². The second kappa shape index (κ2) is 7.28. The fraction of sp³-hybridized carbons (Fsp3) is 0.150. The number of ether oxygens (including phenoxy) is 1. The number of rotatable bonds is 5. The molecule has 136 valence electrons. The van der Waals surface area contributed by atoms with Gasteiger partial charge >= 0.3 is 0 Å². The van der Waals surface area contributed by atoms with Crippen LogP contribution in [0.4, 0.5) is 0 Å². The second-order valence-electron chi connectivity index (χ2n) is 6.01. The number of hydrogen-bond donors (Lipinski definition) is 1. The van der Waals surface area contributed by atoms with E-state index in [1.165, 1.54) is 23.5 Å². The van der Waals surface area contributed by atoms with Gasteiger partial charge in [0.2, 0.25) is 0 Å². The summed E-state index contributed by atoms with van der Waals surface area (Å²) in [6, 6.07) is 17.6. The van der Waals surface area contributed by atoms with Crippen LogP contribution in [0.1, 0.15) is 17.7 Å². The van der Waals surface area contributed by atoms with E-state index in [1.807, 2.05) is 42.5 Å². The summed E-state index contributed by atoms with van der Waals surface area (Å²) < 4.78 is 7.06. The van der Waals surface area contributed by atoms with Crippen LogP contribution in [-0.4, -0.2) is 26.9 Å². The van der Waals surface area contributed by atoms with E-state index in [2.05, 4.69) is 34.1 Å². The Balaban J connectivity index is 1.78. The molecule has 0 saturated heterocycles. The van der Waals surface area contributed by atoms with Gasteiger partial charge in [-0.15, -0.1) is 0 Å². The number of nitrogens with one attached hydrogen (secondary N) is 1. The fourth-order valence-electron chi connectivity index (χ4n) is 2.89. The smallest absolute Gasteiger partial charge is 0.262 e. The predicted octanol–water partition coefficient (Wildman–Crippen LogP) is 3.97. The van der Waals surface area contributed by atoms with Gasteiger partial charge in [-0.25, -0.2) is 9.67 Å². The Hall–Kier alpha value is -3.06. The van der Waals surface area contributed by atoms with Gasteiger partial charge in [0.25, 0.3) is 5.56 Å².